The molecule has 2 aromatic heterocycles. The van der Waals surface area contributed by atoms with Crippen LogP contribution >= 0.6 is 0 Å². The Labute approximate surface area is 131 Å². The van der Waals surface area contributed by atoms with Crippen LogP contribution in [0.3, 0.4) is 0 Å². The summed E-state index contributed by atoms with van der Waals surface area (Å²) >= 11 is 0. The summed E-state index contributed by atoms with van der Waals surface area (Å²) in [5.74, 6) is 0.293. The van der Waals surface area contributed by atoms with Crippen molar-refractivity contribution >= 4 is 17.0 Å². The van der Waals surface area contributed by atoms with Crippen LogP contribution in [0.4, 0.5) is 5.82 Å². The number of nitrogens with two attached hydrogens (primary N) is 1. The Hall–Kier alpha value is -2.07. The molecule has 2 aromatic rings. The third kappa shape index (κ3) is 1.78. The molecule has 0 unspecified atom stereocenters. The van der Waals surface area contributed by atoms with Gasteiger partial charge in [-0.05, 0) is 0 Å². The van der Waals surface area contributed by atoms with Crippen molar-refractivity contribution in [3.05, 3.63) is 25.3 Å². The topological polar surface area (TPSA) is 118 Å². The highest BCUT2D eigenvalue weighted by Crippen LogP contribution is 2.48. The van der Waals surface area contributed by atoms with E-state index in [0.29, 0.717) is 17.0 Å². The maximum absolute atomic E-state index is 10.3. The van der Waals surface area contributed by atoms with Gasteiger partial charge in [0.05, 0.1) is 12.9 Å². The first kappa shape index (κ1) is 14.5. The minimum Gasteiger partial charge on any atom is -0.386 e. The Morgan fingerprint density at radius 2 is 2.39 bits per heavy atom. The van der Waals surface area contributed by atoms with Crippen molar-refractivity contribution in [3.8, 4) is 0 Å². The lowest BCUT2D eigenvalue weighted by Crippen LogP contribution is -2.50. The highest BCUT2D eigenvalue weighted by Gasteiger charge is 2.65. The molecule has 4 heterocycles. The number of fused-ring (bicyclic) bond motifs is 3. The zero-order valence-corrected chi connectivity index (χ0v) is 12.5. The molecule has 0 spiro atoms. The van der Waals surface area contributed by atoms with E-state index in [0.717, 1.165) is 0 Å². The highest BCUT2D eigenvalue weighted by molar-refractivity contribution is 5.81. The Kier molecular flexibility index (Phi) is 3.13. The largest absolute Gasteiger partial charge is 0.386 e. The van der Waals surface area contributed by atoms with E-state index in [1.165, 1.54) is 12.4 Å². The van der Waals surface area contributed by atoms with Gasteiger partial charge >= 0.3 is 0 Å². The van der Waals surface area contributed by atoms with Gasteiger partial charge < -0.3 is 25.1 Å². The fourth-order valence-corrected chi connectivity index (χ4v) is 3.43. The molecule has 5 atom stereocenters. The highest BCUT2D eigenvalue weighted by atomic mass is 16.7. The molecular formula is C14H17N5O4. The lowest BCUT2D eigenvalue weighted by molar-refractivity contribution is -0.200. The summed E-state index contributed by atoms with van der Waals surface area (Å²) in [6.07, 6.45) is 2.07. The van der Waals surface area contributed by atoms with Crippen molar-refractivity contribution in [1.82, 2.24) is 19.5 Å². The Morgan fingerprint density at radius 3 is 3.13 bits per heavy atom. The summed E-state index contributed by atoms with van der Waals surface area (Å²) in [7, 11) is 1.56. The van der Waals surface area contributed by atoms with Crippen LogP contribution in [0, 0.1) is 0 Å². The zero-order valence-electron chi connectivity index (χ0n) is 12.5. The Morgan fingerprint density at radius 1 is 1.57 bits per heavy atom. The monoisotopic (exact) mass is 319 g/mol. The standard InChI is InChI=1S/C14H17N5O4/c1-3-7(20)14-4-22-9(10(14)21-2)13(23-14)19-6-18-8-11(15)16-5-17-12(8)19/h3,5-7,9-10,13,20H,1,4H2,2H3,(H2,15,16,17)/t7-,9+,10-,13+,14+/m0/s1. The second-order valence-corrected chi connectivity index (χ2v) is 5.66. The molecular weight excluding hydrogens is 302 g/mol. The quantitative estimate of drug-likeness (QED) is 0.733. The molecule has 2 saturated heterocycles. The maximum Gasteiger partial charge on any atom is 0.167 e. The van der Waals surface area contributed by atoms with Gasteiger partial charge in [0.1, 0.15) is 30.2 Å². The number of hydrogen-bond donors (Lipinski definition) is 2. The van der Waals surface area contributed by atoms with Crippen LogP contribution in [0.25, 0.3) is 11.2 Å². The number of nitrogen functional groups attached to an aromatic ring is 1. The molecule has 0 aromatic carbocycles. The molecule has 0 amide bonds. The van der Waals surface area contributed by atoms with Crippen molar-refractivity contribution in [2.24, 2.45) is 0 Å². The fourth-order valence-electron chi connectivity index (χ4n) is 3.43. The van der Waals surface area contributed by atoms with Crippen LogP contribution in [0.1, 0.15) is 6.23 Å². The molecule has 3 N–H and O–H groups in total. The molecule has 2 aliphatic rings. The van der Waals surface area contributed by atoms with Gasteiger partial charge in [-0.3, -0.25) is 4.57 Å². The van der Waals surface area contributed by atoms with E-state index < -0.39 is 30.1 Å². The first-order chi connectivity index (χ1) is 11.1. The average Bonchev–Trinajstić information content (AvgIpc) is 3.23. The van der Waals surface area contributed by atoms with E-state index in [1.54, 1.807) is 18.0 Å². The van der Waals surface area contributed by atoms with Crippen LogP contribution < -0.4 is 5.73 Å². The molecule has 0 aliphatic carbocycles. The minimum atomic E-state index is -0.999. The Balaban J connectivity index is 1.79. The van der Waals surface area contributed by atoms with Gasteiger partial charge in [0.2, 0.25) is 0 Å². The second-order valence-electron chi connectivity index (χ2n) is 5.66. The SMILES string of the molecule is C=C[C@H](O)[C@@]12CO[C@@H]([C@H](n3cnc4c(N)ncnc43)O1)[C@@H]2OC. The lowest BCUT2D eigenvalue weighted by atomic mass is 9.92. The van der Waals surface area contributed by atoms with Gasteiger partial charge in [0.25, 0.3) is 0 Å². The Bertz CT molecular complexity index is 765. The number of nitrogens with zero attached hydrogens (tertiary/aromatic N) is 4. The summed E-state index contributed by atoms with van der Waals surface area (Å²) in [6.45, 7) is 3.86. The van der Waals surface area contributed by atoms with E-state index in [9.17, 15) is 5.11 Å². The molecule has 122 valence electrons. The first-order valence-electron chi connectivity index (χ1n) is 7.18. The van der Waals surface area contributed by atoms with Crippen molar-refractivity contribution in [2.45, 2.75) is 30.1 Å². The molecule has 0 radical (unpaired) electrons. The number of imidazole rings is 1. The molecule has 23 heavy (non-hydrogen) atoms. The smallest absolute Gasteiger partial charge is 0.167 e. The summed E-state index contributed by atoms with van der Waals surface area (Å²) in [4.78, 5) is 12.4. The van der Waals surface area contributed by atoms with Gasteiger partial charge in [-0.15, -0.1) is 6.58 Å². The number of aromatic nitrogens is 4. The zero-order chi connectivity index (χ0) is 16.2. The number of aliphatic hydroxyl groups excluding tert-OH is 1. The third-order valence-corrected chi connectivity index (χ3v) is 4.54. The van der Waals surface area contributed by atoms with Gasteiger partial charge in [0.15, 0.2) is 23.3 Å². The van der Waals surface area contributed by atoms with Gasteiger partial charge in [-0.25, -0.2) is 15.0 Å². The predicted octanol–water partition coefficient (Wildman–Crippen LogP) is -0.363. The summed E-state index contributed by atoms with van der Waals surface area (Å²) in [6, 6.07) is 0. The summed E-state index contributed by atoms with van der Waals surface area (Å²) in [5, 5.41) is 10.3. The van der Waals surface area contributed by atoms with Crippen LogP contribution in [-0.2, 0) is 14.2 Å². The minimum absolute atomic E-state index is 0.226. The summed E-state index contributed by atoms with van der Waals surface area (Å²) in [5.41, 5.74) is 5.85. The van der Waals surface area contributed by atoms with E-state index in [4.69, 9.17) is 19.9 Å². The molecule has 4 rings (SSSR count). The molecule has 2 aliphatic heterocycles. The van der Waals surface area contributed by atoms with Crippen LogP contribution in [0.5, 0.6) is 0 Å². The summed E-state index contributed by atoms with van der Waals surface area (Å²) < 4.78 is 19.2. The van der Waals surface area contributed by atoms with Gasteiger partial charge in [-0.2, -0.15) is 0 Å². The average molecular weight is 319 g/mol. The van der Waals surface area contributed by atoms with Gasteiger partial charge in [0, 0.05) is 7.11 Å². The number of ether oxygens (including phenoxy) is 3. The van der Waals surface area contributed by atoms with Crippen LogP contribution in [-0.4, -0.2) is 62.3 Å². The number of aliphatic hydroxyl groups is 1. The van der Waals surface area contributed by atoms with Crippen LogP contribution in [0.15, 0.2) is 25.3 Å². The van der Waals surface area contributed by atoms with Crippen LogP contribution in [0.2, 0.25) is 0 Å². The number of methoxy groups -OCH3 is 1. The number of anilines is 1. The maximum atomic E-state index is 10.3. The van der Waals surface area contributed by atoms with E-state index >= 15 is 0 Å². The van der Waals surface area contributed by atoms with Crippen molar-refractivity contribution < 1.29 is 19.3 Å². The van der Waals surface area contributed by atoms with E-state index in [-0.39, 0.29) is 6.61 Å². The molecule has 0 saturated carbocycles. The first-order valence-corrected chi connectivity index (χ1v) is 7.18. The molecule has 2 fully saturated rings. The normalized spacial score (nSPS) is 34.1. The van der Waals surface area contributed by atoms with E-state index in [1.807, 2.05) is 0 Å². The third-order valence-electron chi connectivity index (χ3n) is 4.54. The number of hydrogen-bond acceptors (Lipinski definition) is 8. The van der Waals surface area contributed by atoms with Gasteiger partial charge in [-0.1, -0.05) is 6.08 Å². The molecule has 2 bridgehead atoms. The molecule has 9 nitrogen and oxygen atoms in total. The predicted molar refractivity (Wildman–Crippen MR) is 79.3 cm³/mol. The van der Waals surface area contributed by atoms with E-state index in [2.05, 4.69) is 21.5 Å². The van der Waals surface area contributed by atoms with Crippen molar-refractivity contribution in [1.29, 1.82) is 0 Å². The lowest BCUT2D eigenvalue weighted by Gasteiger charge is -2.33. The molecule has 9 heteroatoms. The van der Waals surface area contributed by atoms with Crippen molar-refractivity contribution in [3.63, 3.8) is 0 Å². The van der Waals surface area contributed by atoms with Crippen molar-refractivity contribution in [2.75, 3.05) is 19.5 Å². The fraction of sp³-hybridized carbons (Fsp3) is 0.500. The second kappa shape index (κ2) is 4.96. The number of rotatable bonds is 4.